The van der Waals surface area contributed by atoms with Crippen molar-refractivity contribution in [3.05, 3.63) is 24.3 Å². The predicted octanol–water partition coefficient (Wildman–Crippen LogP) is 4.96. The minimum absolute atomic E-state index is 0.00523. The molecule has 2 N–H and O–H groups in total. The maximum atomic E-state index is 10.5. The van der Waals surface area contributed by atoms with Gasteiger partial charge in [-0.3, -0.25) is 10.1 Å². The molecule has 0 aliphatic carbocycles. The summed E-state index contributed by atoms with van der Waals surface area (Å²) < 4.78 is 0. The SMILES string of the molecule is CCCCCCC(/C=C\[C@@H](C/C=C\CCCC(=O)O)C1CC=NO1)OO. The molecule has 0 aromatic heterocycles. The Morgan fingerprint density at radius 1 is 1.31 bits per heavy atom. The molecule has 0 fully saturated rings. The van der Waals surface area contributed by atoms with Crippen LogP contribution in [-0.4, -0.2) is 34.8 Å². The number of carboxylic acid groups (broad SMARTS) is 1. The van der Waals surface area contributed by atoms with Crippen LogP contribution in [0, 0.1) is 5.92 Å². The smallest absolute Gasteiger partial charge is 0.303 e. The molecule has 1 rings (SSSR count). The van der Waals surface area contributed by atoms with Crippen LogP contribution in [0.25, 0.3) is 0 Å². The number of carbonyl (C=O) groups is 1. The van der Waals surface area contributed by atoms with Gasteiger partial charge in [-0.25, -0.2) is 4.89 Å². The highest BCUT2D eigenvalue weighted by Gasteiger charge is 2.22. The largest absolute Gasteiger partial charge is 0.481 e. The number of aliphatic carboxylic acids is 1. The standard InChI is InChI=1S/C20H33NO5/c1-2-3-4-8-11-18(26-24)14-13-17(19-15-16-21-25-19)10-7-5-6-9-12-20(22)23/h5,7,13-14,16-19,24H,2-4,6,8-12,15H2,1H3,(H,22,23)/b7-5-,14-13-/t17-,18?,19?/m1/s1. The third-order valence-corrected chi connectivity index (χ3v) is 4.47. The van der Waals surface area contributed by atoms with Crippen LogP contribution in [0.2, 0.25) is 0 Å². The summed E-state index contributed by atoms with van der Waals surface area (Å²) in [5.41, 5.74) is 0. The maximum Gasteiger partial charge on any atom is 0.303 e. The van der Waals surface area contributed by atoms with Gasteiger partial charge >= 0.3 is 5.97 Å². The van der Waals surface area contributed by atoms with Crippen molar-refractivity contribution in [1.82, 2.24) is 0 Å². The monoisotopic (exact) mass is 367 g/mol. The van der Waals surface area contributed by atoms with Gasteiger partial charge in [-0.15, -0.1) is 0 Å². The van der Waals surface area contributed by atoms with E-state index in [2.05, 4.69) is 23.0 Å². The fourth-order valence-corrected chi connectivity index (χ4v) is 2.88. The fourth-order valence-electron chi connectivity index (χ4n) is 2.88. The predicted molar refractivity (Wildman–Crippen MR) is 102 cm³/mol. The summed E-state index contributed by atoms with van der Waals surface area (Å²) in [6.07, 6.45) is 18.0. The van der Waals surface area contributed by atoms with Gasteiger partial charge in [0.1, 0.15) is 12.2 Å². The van der Waals surface area contributed by atoms with Crippen molar-refractivity contribution in [3.8, 4) is 0 Å². The van der Waals surface area contributed by atoms with Crippen LogP contribution in [0.15, 0.2) is 29.5 Å². The third-order valence-electron chi connectivity index (χ3n) is 4.47. The summed E-state index contributed by atoms with van der Waals surface area (Å²) in [7, 11) is 0. The van der Waals surface area contributed by atoms with Crippen molar-refractivity contribution in [1.29, 1.82) is 0 Å². The molecule has 1 aliphatic heterocycles. The first-order chi connectivity index (χ1) is 12.7. The Labute approximate surface area is 156 Å². The van der Waals surface area contributed by atoms with E-state index in [4.69, 9.17) is 15.2 Å². The lowest BCUT2D eigenvalue weighted by Gasteiger charge is -2.17. The Morgan fingerprint density at radius 2 is 2.15 bits per heavy atom. The average Bonchev–Trinajstić information content (AvgIpc) is 3.16. The van der Waals surface area contributed by atoms with Gasteiger partial charge in [-0.1, -0.05) is 62.1 Å². The molecule has 26 heavy (non-hydrogen) atoms. The number of hydrogen-bond acceptors (Lipinski definition) is 5. The number of allylic oxidation sites excluding steroid dienone is 2. The quantitative estimate of drug-likeness (QED) is 0.185. The van der Waals surface area contributed by atoms with Crippen molar-refractivity contribution < 1.29 is 24.9 Å². The highest BCUT2D eigenvalue weighted by atomic mass is 17.1. The van der Waals surface area contributed by atoms with E-state index in [0.29, 0.717) is 6.42 Å². The summed E-state index contributed by atoms with van der Waals surface area (Å²) in [6.45, 7) is 2.17. The zero-order valence-corrected chi connectivity index (χ0v) is 15.8. The second-order valence-corrected chi connectivity index (χ2v) is 6.70. The van der Waals surface area contributed by atoms with Crippen LogP contribution in [0.1, 0.15) is 71.1 Å². The molecule has 0 amide bonds. The Kier molecular flexibility index (Phi) is 12.5. The molecule has 0 radical (unpaired) electrons. The minimum atomic E-state index is -0.760. The normalized spacial score (nSPS) is 19.2. The summed E-state index contributed by atoms with van der Waals surface area (Å²) in [4.78, 5) is 20.5. The lowest BCUT2D eigenvalue weighted by molar-refractivity contribution is -0.267. The molecular formula is C20H33NO5. The Balaban J connectivity index is 2.45. The van der Waals surface area contributed by atoms with Gasteiger partial charge in [0.25, 0.3) is 0 Å². The highest BCUT2D eigenvalue weighted by molar-refractivity contribution is 5.66. The molecule has 2 unspecified atom stereocenters. The van der Waals surface area contributed by atoms with E-state index in [0.717, 1.165) is 38.5 Å². The van der Waals surface area contributed by atoms with Crippen molar-refractivity contribution in [2.75, 3.05) is 0 Å². The summed E-state index contributed by atoms with van der Waals surface area (Å²) >= 11 is 0. The molecule has 0 aromatic carbocycles. The van der Waals surface area contributed by atoms with E-state index in [1.54, 1.807) is 6.21 Å². The van der Waals surface area contributed by atoms with Gasteiger partial charge < -0.3 is 9.94 Å². The van der Waals surface area contributed by atoms with Crippen LogP contribution in [0.3, 0.4) is 0 Å². The van der Waals surface area contributed by atoms with E-state index in [1.807, 2.05) is 18.2 Å². The van der Waals surface area contributed by atoms with Crippen LogP contribution >= 0.6 is 0 Å². The molecule has 0 bridgehead atoms. The van der Waals surface area contributed by atoms with E-state index in [1.165, 1.54) is 12.8 Å². The average molecular weight is 367 g/mol. The summed E-state index contributed by atoms with van der Waals surface area (Å²) in [5.74, 6) is -0.619. The molecular weight excluding hydrogens is 334 g/mol. The molecule has 0 aromatic rings. The number of rotatable bonds is 15. The third kappa shape index (κ3) is 10.4. The van der Waals surface area contributed by atoms with Crippen molar-refractivity contribution in [2.45, 2.75) is 83.3 Å². The number of oxime groups is 1. The van der Waals surface area contributed by atoms with Crippen molar-refractivity contribution in [3.63, 3.8) is 0 Å². The topological polar surface area (TPSA) is 88.4 Å². The van der Waals surface area contributed by atoms with Crippen molar-refractivity contribution in [2.24, 2.45) is 11.1 Å². The summed E-state index contributed by atoms with van der Waals surface area (Å²) in [6, 6.07) is 0. The first-order valence-electron chi connectivity index (χ1n) is 9.70. The van der Waals surface area contributed by atoms with Crippen LogP contribution in [0.5, 0.6) is 0 Å². The molecule has 3 atom stereocenters. The summed E-state index contributed by atoms with van der Waals surface area (Å²) in [5, 5.41) is 21.6. The molecule has 1 aliphatic rings. The first-order valence-corrected chi connectivity index (χ1v) is 9.70. The molecule has 6 heteroatoms. The van der Waals surface area contributed by atoms with Gasteiger partial charge in [0.15, 0.2) is 0 Å². The van der Waals surface area contributed by atoms with E-state index in [-0.39, 0.29) is 24.5 Å². The number of nitrogens with zero attached hydrogens (tertiary/aromatic N) is 1. The number of hydrogen-bond donors (Lipinski definition) is 2. The van der Waals surface area contributed by atoms with E-state index in [9.17, 15) is 4.79 Å². The molecule has 0 spiro atoms. The Hall–Kier alpha value is -1.66. The van der Waals surface area contributed by atoms with Gasteiger partial charge in [0.05, 0.1) is 0 Å². The lowest BCUT2D eigenvalue weighted by Crippen LogP contribution is -2.18. The maximum absolute atomic E-state index is 10.5. The van der Waals surface area contributed by atoms with Crippen LogP contribution in [-0.2, 0) is 14.5 Å². The van der Waals surface area contributed by atoms with Gasteiger partial charge in [-0.05, 0) is 25.7 Å². The molecule has 148 valence electrons. The molecule has 0 saturated heterocycles. The highest BCUT2D eigenvalue weighted by Crippen LogP contribution is 2.22. The van der Waals surface area contributed by atoms with Crippen molar-refractivity contribution >= 4 is 12.2 Å². The number of carboxylic acids is 1. The van der Waals surface area contributed by atoms with E-state index < -0.39 is 5.97 Å². The fraction of sp³-hybridized carbons (Fsp3) is 0.700. The van der Waals surface area contributed by atoms with E-state index >= 15 is 0 Å². The molecule has 0 saturated carbocycles. The zero-order chi connectivity index (χ0) is 19.0. The second-order valence-electron chi connectivity index (χ2n) is 6.70. The molecule has 6 nitrogen and oxygen atoms in total. The molecule has 1 heterocycles. The van der Waals surface area contributed by atoms with Gasteiger partial charge in [0, 0.05) is 25.0 Å². The second kappa shape index (κ2) is 14.5. The zero-order valence-electron chi connectivity index (χ0n) is 15.8. The van der Waals surface area contributed by atoms with Crippen LogP contribution in [0.4, 0.5) is 0 Å². The Bertz CT molecular complexity index is 453. The minimum Gasteiger partial charge on any atom is -0.481 e. The van der Waals surface area contributed by atoms with Crippen LogP contribution < -0.4 is 0 Å². The van der Waals surface area contributed by atoms with Gasteiger partial charge in [0.2, 0.25) is 0 Å². The lowest BCUT2D eigenvalue weighted by atomic mass is 9.94. The Morgan fingerprint density at radius 3 is 2.81 bits per heavy atom. The number of unbranched alkanes of at least 4 members (excludes halogenated alkanes) is 4. The van der Waals surface area contributed by atoms with Gasteiger partial charge in [-0.2, -0.15) is 0 Å². The first kappa shape index (κ1) is 22.4.